The molecule has 0 aromatic heterocycles. The Morgan fingerprint density at radius 2 is 1.78 bits per heavy atom. The van der Waals surface area contributed by atoms with Crippen LogP contribution in [0.1, 0.15) is 48.3 Å². The highest BCUT2D eigenvalue weighted by Crippen LogP contribution is 2.38. The number of nitrogens with one attached hydrogen (secondary N) is 2. The molecule has 0 radical (unpaired) electrons. The number of benzene rings is 2. The second kappa shape index (κ2) is 9.69. The van der Waals surface area contributed by atoms with Gasteiger partial charge in [-0.3, -0.25) is 4.79 Å². The first-order valence-corrected chi connectivity index (χ1v) is 10.9. The van der Waals surface area contributed by atoms with Gasteiger partial charge in [-0.1, -0.05) is 23.7 Å². The molecule has 172 valence electrons. The standard InChI is InChI=1S/C24H30ClN3O4/c1-24(2,3)27-23(30)28-11-10-15-12-20(31-4)21(32-5)13-17(15)19(28)14-26-22(29)16-8-6-7-9-18(16)25/h6-9,12-13,19H,10-11,14H2,1-5H3,(H,26,29)(H,27,30). The summed E-state index contributed by atoms with van der Waals surface area (Å²) in [5, 5.41) is 6.35. The van der Waals surface area contributed by atoms with Crippen LogP contribution in [0.25, 0.3) is 0 Å². The van der Waals surface area contributed by atoms with Crippen molar-refractivity contribution in [3.05, 3.63) is 58.1 Å². The molecule has 0 bridgehead atoms. The van der Waals surface area contributed by atoms with E-state index in [2.05, 4.69) is 10.6 Å². The lowest BCUT2D eigenvalue weighted by Gasteiger charge is -2.39. The molecule has 8 heteroatoms. The molecular weight excluding hydrogens is 430 g/mol. The minimum absolute atomic E-state index is 0.185. The van der Waals surface area contributed by atoms with Crippen LogP contribution in [0.4, 0.5) is 4.79 Å². The normalized spacial score (nSPS) is 15.6. The largest absolute Gasteiger partial charge is 0.493 e. The number of hydrogen-bond acceptors (Lipinski definition) is 4. The average Bonchev–Trinajstić information content (AvgIpc) is 2.75. The van der Waals surface area contributed by atoms with Crippen LogP contribution in [0.2, 0.25) is 5.02 Å². The quantitative estimate of drug-likeness (QED) is 0.702. The zero-order valence-corrected chi connectivity index (χ0v) is 19.9. The Morgan fingerprint density at radius 1 is 1.12 bits per heavy atom. The zero-order chi connectivity index (χ0) is 23.5. The van der Waals surface area contributed by atoms with Crippen molar-refractivity contribution >= 4 is 23.5 Å². The lowest BCUT2D eigenvalue weighted by Crippen LogP contribution is -2.53. The van der Waals surface area contributed by atoms with Crippen LogP contribution in [-0.2, 0) is 6.42 Å². The van der Waals surface area contributed by atoms with Crippen molar-refractivity contribution in [3.8, 4) is 11.5 Å². The number of ether oxygens (including phenoxy) is 2. The molecule has 0 fully saturated rings. The average molecular weight is 460 g/mol. The fourth-order valence-corrected chi connectivity index (χ4v) is 4.04. The summed E-state index contributed by atoms with van der Waals surface area (Å²) < 4.78 is 10.9. The predicted octanol–water partition coefficient (Wildman–Crippen LogP) is 4.19. The maximum atomic E-state index is 13.1. The van der Waals surface area contributed by atoms with Crippen molar-refractivity contribution < 1.29 is 19.1 Å². The minimum atomic E-state index is -0.389. The van der Waals surface area contributed by atoms with E-state index in [-0.39, 0.29) is 30.1 Å². The second-order valence-corrected chi connectivity index (χ2v) is 9.14. The molecule has 3 amide bonds. The summed E-state index contributed by atoms with van der Waals surface area (Å²) in [4.78, 5) is 27.7. The Balaban J connectivity index is 1.93. The number of halogens is 1. The molecule has 1 unspecified atom stereocenters. The van der Waals surface area contributed by atoms with Crippen molar-refractivity contribution in [1.82, 2.24) is 15.5 Å². The molecule has 0 spiro atoms. The lowest BCUT2D eigenvalue weighted by molar-refractivity contribution is 0.0933. The summed E-state index contributed by atoms with van der Waals surface area (Å²) in [5.74, 6) is 0.920. The number of methoxy groups -OCH3 is 2. The van der Waals surface area contributed by atoms with E-state index in [0.717, 1.165) is 11.1 Å². The van der Waals surface area contributed by atoms with E-state index in [9.17, 15) is 9.59 Å². The van der Waals surface area contributed by atoms with Crippen LogP contribution < -0.4 is 20.1 Å². The summed E-state index contributed by atoms with van der Waals surface area (Å²) in [6.45, 7) is 6.54. The van der Waals surface area contributed by atoms with E-state index >= 15 is 0 Å². The first-order valence-electron chi connectivity index (χ1n) is 10.5. The fourth-order valence-electron chi connectivity index (χ4n) is 3.81. The van der Waals surface area contributed by atoms with Gasteiger partial charge in [0, 0.05) is 18.6 Å². The van der Waals surface area contributed by atoms with E-state index in [1.54, 1.807) is 43.4 Å². The molecule has 32 heavy (non-hydrogen) atoms. The highest BCUT2D eigenvalue weighted by molar-refractivity contribution is 6.33. The van der Waals surface area contributed by atoms with Crippen LogP contribution in [0, 0.1) is 0 Å². The Labute approximate surface area is 194 Å². The van der Waals surface area contributed by atoms with Gasteiger partial charge in [-0.2, -0.15) is 0 Å². The smallest absolute Gasteiger partial charge is 0.318 e. The van der Waals surface area contributed by atoms with Gasteiger partial charge < -0.3 is 25.0 Å². The summed E-state index contributed by atoms with van der Waals surface area (Å²) in [6, 6.07) is 10.1. The van der Waals surface area contributed by atoms with Crippen LogP contribution in [0.5, 0.6) is 11.5 Å². The van der Waals surface area contributed by atoms with Crippen molar-refractivity contribution in [1.29, 1.82) is 0 Å². The molecule has 0 saturated heterocycles. The maximum Gasteiger partial charge on any atom is 0.318 e. The fraction of sp³-hybridized carbons (Fsp3) is 0.417. The third-order valence-electron chi connectivity index (χ3n) is 5.32. The van der Waals surface area contributed by atoms with Gasteiger partial charge in [0.25, 0.3) is 5.91 Å². The van der Waals surface area contributed by atoms with Crippen molar-refractivity contribution in [2.75, 3.05) is 27.3 Å². The molecule has 7 nitrogen and oxygen atoms in total. The third-order valence-corrected chi connectivity index (χ3v) is 5.65. The van der Waals surface area contributed by atoms with E-state index < -0.39 is 0 Å². The first-order chi connectivity index (χ1) is 15.1. The minimum Gasteiger partial charge on any atom is -0.493 e. The molecule has 2 aromatic rings. The molecule has 1 atom stereocenters. The van der Waals surface area contributed by atoms with Gasteiger partial charge in [0.15, 0.2) is 11.5 Å². The van der Waals surface area contributed by atoms with E-state index in [1.165, 1.54) is 0 Å². The number of hydrogen-bond donors (Lipinski definition) is 2. The summed E-state index contributed by atoms with van der Waals surface area (Å²) in [5.41, 5.74) is 1.97. The van der Waals surface area contributed by atoms with E-state index in [0.29, 0.717) is 35.1 Å². The Morgan fingerprint density at radius 3 is 2.41 bits per heavy atom. The Bertz CT molecular complexity index is 1000. The monoisotopic (exact) mass is 459 g/mol. The Hall–Kier alpha value is -2.93. The molecule has 1 aliphatic heterocycles. The number of urea groups is 1. The van der Waals surface area contributed by atoms with Gasteiger partial charge >= 0.3 is 6.03 Å². The summed E-state index contributed by atoms with van der Waals surface area (Å²) >= 11 is 6.18. The van der Waals surface area contributed by atoms with Gasteiger partial charge in [-0.05, 0) is 62.6 Å². The number of amides is 3. The molecule has 2 aromatic carbocycles. The predicted molar refractivity (Wildman–Crippen MR) is 125 cm³/mol. The molecule has 0 saturated carbocycles. The first kappa shape index (κ1) is 23.7. The number of rotatable bonds is 5. The molecular formula is C24H30ClN3O4. The van der Waals surface area contributed by atoms with Crippen molar-refractivity contribution in [2.45, 2.75) is 38.8 Å². The molecule has 1 heterocycles. The van der Waals surface area contributed by atoms with Crippen LogP contribution in [0.15, 0.2) is 36.4 Å². The third kappa shape index (κ3) is 5.27. The number of nitrogens with zero attached hydrogens (tertiary/aromatic N) is 1. The van der Waals surface area contributed by atoms with Crippen LogP contribution in [0.3, 0.4) is 0 Å². The van der Waals surface area contributed by atoms with Crippen LogP contribution in [-0.4, -0.2) is 49.7 Å². The summed E-state index contributed by atoms with van der Waals surface area (Å²) in [7, 11) is 3.17. The molecule has 3 rings (SSSR count). The maximum absolute atomic E-state index is 13.1. The van der Waals surface area contributed by atoms with Gasteiger partial charge in [0.2, 0.25) is 0 Å². The topological polar surface area (TPSA) is 79.9 Å². The van der Waals surface area contributed by atoms with Crippen LogP contribution >= 0.6 is 11.6 Å². The lowest BCUT2D eigenvalue weighted by atomic mass is 9.91. The number of carbonyl (C=O) groups excluding carboxylic acids is 2. The molecule has 1 aliphatic rings. The number of fused-ring (bicyclic) bond motifs is 1. The van der Waals surface area contributed by atoms with Gasteiger partial charge in [-0.25, -0.2) is 4.79 Å². The van der Waals surface area contributed by atoms with Crippen molar-refractivity contribution in [2.24, 2.45) is 0 Å². The van der Waals surface area contributed by atoms with Gasteiger partial charge in [0.05, 0.1) is 30.8 Å². The van der Waals surface area contributed by atoms with Gasteiger partial charge in [-0.15, -0.1) is 0 Å². The SMILES string of the molecule is COc1cc2c(cc1OC)C(CNC(=O)c1ccccc1Cl)N(C(=O)NC(C)(C)C)CC2. The highest BCUT2D eigenvalue weighted by Gasteiger charge is 2.34. The number of carbonyl (C=O) groups is 2. The van der Waals surface area contributed by atoms with Gasteiger partial charge in [0.1, 0.15) is 0 Å². The molecule has 0 aliphatic carbocycles. The second-order valence-electron chi connectivity index (χ2n) is 8.74. The van der Waals surface area contributed by atoms with E-state index in [4.69, 9.17) is 21.1 Å². The van der Waals surface area contributed by atoms with Crippen molar-refractivity contribution in [3.63, 3.8) is 0 Å². The molecule has 2 N–H and O–H groups in total. The van der Waals surface area contributed by atoms with E-state index in [1.807, 2.05) is 32.9 Å². The Kier molecular flexibility index (Phi) is 7.19. The summed E-state index contributed by atoms with van der Waals surface area (Å²) in [6.07, 6.45) is 0.669. The highest BCUT2D eigenvalue weighted by atomic mass is 35.5. The zero-order valence-electron chi connectivity index (χ0n) is 19.1.